The van der Waals surface area contributed by atoms with E-state index < -0.39 is 123 Å². The molecule has 0 radical (unpaired) electrons. The molecule has 2 saturated carbocycles. The highest BCUT2D eigenvalue weighted by molar-refractivity contribution is 5.74. The second-order valence-corrected chi connectivity index (χ2v) is 21.3. The molecule has 0 spiro atoms. The Morgan fingerprint density at radius 2 is 1.07 bits per heavy atom. The molecule has 388 valence electrons. The Bertz CT molecular complexity index is 1510. The van der Waals surface area contributed by atoms with E-state index in [4.69, 9.17) is 42.6 Å². The van der Waals surface area contributed by atoms with Crippen molar-refractivity contribution in [2.24, 2.45) is 41.4 Å². The second-order valence-electron chi connectivity index (χ2n) is 21.3. The summed E-state index contributed by atoms with van der Waals surface area (Å²) in [4.78, 5) is 12.3. The van der Waals surface area contributed by atoms with Crippen LogP contribution in [0.1, 0.15) is 119 Å². The average molecular weight is 963 g/mol. The van der Waals surface area contributed by atoms with Gasteiger partial charge in [0.2, 0.25) is 0 Å². The van der Waals surface area contributed by atoms with E-state index in [1.807, 2.05) is 13.8 Å². The maximum absolute atomic E-state index is 12.3. The third kappa shape index (κ3) is 12.7. The number of cyclic esters (lactones) is 1. The van der Waals surface area contributed by atoms with Gasteiger partial charge in [0.05, 0.1) is 74.1 Å². The minimum atomic E-state index is -1.65. The number of carbonyl (C=O) groups excluding carboxylic acids is 1. The highest BCUT2D eigenvalue weighted by atomic mass is 16.8. The Balaban J connectivity index is 0.868. The van der Waals surface area contributed by atoms with E-state index in [1.54, 1.807) is 13.8 Å². The molecule has 0 aromatic carbocycles. The van der Waals surface area contributed by atoms with Crippen molar-refractivity contribution < 1.29 is 93.4 Å². The molecule has 27 unspecified atom stereocenters. The maximum Gasteiger partial charge on any atom is 0.309 e. The van der Waals surface area contributed by atoms with Gasteiger partial charge in [-0.2, -0.15) is 0 Å². The average Bonchev–Trinajstić information content (AvgIpc) is 3.61. The van der Waals surface area contributed by atoms with E-state index in [1.165, 1.54) is 0 Å². The molecule has 2 aliphatic carbocycles. The largest absolute Gasteiger partial charge is 0.465 e. The first-order chi connectivity index (χ1) is 31.8. The third-order valence-electron chi connectivity index (χ3n) is 16.5. The fraction of sp³-hybridized carbons (Fsp3) is 0.979. The summed E-state index contributed by atoms with van der Waals surface area (Å²) in [5.74, 6) is 0.262. The van der Waals surface area contributed by atoms with Crippen LogP contribution < -0.4 is 0 Å². The topological polar surface area (TPSA) is 282 Å². The lowest BCUT2D eigenvalue weighted by atomic mass is 9.72. The number of aliphatic hydroxyl groups excluding tert-OH is 9. The van der Waals surface area contributed by atoms with Crippen molar-refractivity contribution in [3.63, 3.8) is 0 Å². The number of esters is 1. The van der Waals surface area contributed by atoms with Gasteiger partial charge in [-0.25, -0.2) is 0 Å². The third-order valence-corrected chi connectivity index (χ3v) is 16.5. The number of aliphatic hydroxyl groups is 9. The molecule has 0 bridgehead atoms. The Hall–Kier alpha value is -1.21. The molecule has 0 aromatic heterocycles. The van der Waals surface area contributed by atoms with Crippen LogP contribution in [-0.4, -0.2) is 188 Å². The SMILES string of the molecule is CC1CCC2C(O)CCC(C3COC(=O)C3C)C(C)C(O)CC2CCCC(OC2CC(O)C(OC3CC(O)C(OC4CC(O)C(OC5OC(CO)C(O)C(O)C5O)C(C)O4)C(C)O3)C(C)O2)C1. The van der Waals surface area contributed by atoms with Crippen LogP contribution in [0.2, 0.25) is 0 Å². The lowest BCUT2D eigenvalue weighted by Crippen LogP contribution is -2.62. The Kier molecular flexibility index (Phi) is 18.8. The number of ether oxygens (including phenoxy) is 9. The molecule has 0 amide bonds. The first kappa shape index (κ1) is 53.6. The Labute approximate surface area is 394 Å². The van der Waals surface area contributed by atoms with Gasteiger partial charge in [0, 0.05) is 25.2 Å². The van der Waals surface area contributed by atoms with Crippen LogP contribution in [0.3, 0.4) is 0 Å². The van der Waals surface area contributed by atoms with Crippen molar-refractivity contribution in [2.75, 3.05) is 13.2 Å². The maximum atomic E-state index is 12.3. The quantitative estimate of drug-likeness (QED) is 0.138. The predicted octanol–water partition coefficient (Wildman–Crippen LogP) is 1.00. The standard InChI is InChI=1S/C48H82O19/c1-21-10-11-30-27(15-33(51)22(2)29(12-13-32(30)50)31-20-59-47(58)23(31)3)8-7-9-28(14-21)63-38-16-34(52)44(24(4)60-38)65-39-17-35(53)45(25(5)61-39)66-40-18-36(54)46(26(6)62-40)67-48-43(57)42(56)41(55)37(19-49)64-48/h21-46,48-57H,7-20H2,1-6H3. The smallest absolute Gasteiger partial charge is 0.309 e. The molecule has 7 fully saturated rings. The van der Waals surface area contributed by atoms with E-state index in [0.717, 1.165) is 44.9 Å². The summed E-state index contributed by atoms with van der Waals surface area (Å²) in [5, 5.41) is 97.2. The van der Waals surface area contributed by atoms with Crippen LogP contribution in [0, 0.1) is 41.4 Å². The van der Waals surface area contributed by atoms with Crippen molar-refractivity contribution in [1.82, 2.24) is 0 Å². The molecule has 9 N–H and O–H groups in total. The molecular formula is C48H82O19. The van der Waals surface area contributed by atoms with E-state index in [0.29, 0.717) is 25.4 Å². The van der Waals surface area contributed by atoms with Gasteiger partial charge in [0.1, 0.15) is 42.7 Å². The van der Waals surface area contributed by atoms with Crippen LogP contribution in [-0.2, 0) is 47.4 Å². The molecule has 67 heavy (non-hydrogen) atoms. The summed E-state index contributed by atoms with van der Waals surface area (Å²) in [6, 6.07) is 0. The Morgan fingerprint density at radius 1 is 0.522 bits per heavy atom. The molecule has 19 heteroatoms. The minimum Gasteiger partial charge on any atom is -0.465 e. The fourth-order valence-electron chi connectivity index (χ4n) is 12.3. The zero-order valence-electron chi connectivity index (χ0n) is 40.1. The van der Waals surface area contributed by atoms with Gasteiger partial charge in [-0.05, 0) is 95.3 Å². The van der Waals surface area contributed by atoms with E-state index >= 15 is 0 Å². The van der Waals surface area contributed by atoms with Crippen LogP contribution in [0.25, 0.3) is 0 Å². The molecule has 27 atom stereocenters. The minimum absolute atomic E-state index is 0.0175. The number of fused-ring (bicyclic) bond motifs is 1. The zero-order chi connectivity index (χ0) is 48.4. The van der Waals surface area contributed by atoms with Crippen molar-refractivity contribution in [3.8, 4) is 0 Å². The van der Waals surface area contributed by atoms with Crippen LogP contribution in [0.15, 0.2) is 0 Å². The summed E-state index contributed by atoms with van der Waals surface area (Å²) in [5.41, 5.74) is 0. The first-order valence-electron chi connectivity index (χ1n) is 25.3. The molecule has 5 saturated heterocycles. The monoisotopic (exact) mass is 963 g/mol. The van der Waals surface area contributed by atoms with E-state index in [2.05, 4.69) is 13.8 Å². The lowest BCUT2D eigenvalue weighted by molar-refractivity contribution is -0.355. The van der Waals surface area contributed by atoms with E-state index in [-0.39, 0.29) is 66.8 Å². The molecular weight excluding hydrogens is 881 g/mol. The van der Waals surface area contributed by atoms with Gasteiger partial charge in [-0.15, -0.1) is 0 Å². The summed E-state index contributed by atoms with van der Waals surface area (Å²) in [6.07, 6.45) is -11.9. The van der Waals surface area contributed by atoms with Gasteiger partial charge in [-0.1, -0.05) is 33.6 Å². The van der Waals surface area contributed by atoms with Crippen LogP contribution >= 0.6 is 0 Å². The molecule has 7 aliphatic rings. The van der Waals surface area contributed by atoms with E-state index in [9.17, 15) is 50.8 Å². The highest BCUT2D eigenvalue weighted by Crippen LogP contribution is 2.44. The number of hydrogen-bond donors (Lipinski definition) is 9. The van der Waals surface area contributed by atoms with Crippen LogP contribution in [0.4, 0.5) is 0 Å². The summed E-state index contributed by atoms with van der Waals surface area (Å²) >= 11 is 0. The van der Waals surface area contributed by atoms with Gasteiger partial charge < -0.3 is 88.6 Å². The lowest BCUT2D eigenvalue weighted by Gasteiger charge is -2.46. The van der Waals surface area contributed by atoms with Crippen molar-refractivity contribution in [3.05, 3.63) is 0 Å². The second kappa shape index (κ2) is 23.6. The van der Waals surface area contributed by atoms with Gasteiger partial charge in [0.25, 0.3) is 0 Å². The van der Waals surface area contributed by atoms with Gasteiger partial charge in [0.15, 0.2) is 25.2 Å². The van der Waals surface area contributed by atoms with Crippen LogP contribution in [0.5, 0.6) is 0 Å². The van der Waals surface area contributed by atoms with Crippen molar-refractivity contribution in [2.45, 2.75) is 241 Å². The van der Waals surface area contributed by atoms with Crippen molar-refractivity contribution in [1.29, 1.82) is 0 Å². The summed E-state index contributed by atoms with van der Waals surface area (Å²) in [6.45, 7) is 11.1. The van der Waals surface area contributed by atoms with Crippen molar-refractivity contribution >= 4 is 5.97 Å². The fourth-order valence-corrected chi connectivity index (χ4v) is 12.3. The first-order valence-corrected chi connectivity index (χ1v) is 25.3. The molecule has 0 aromatic rings. The predicted molar refractivity (Wildman–Crippen MR) is 234 cm³/mol. The number of carbonyl (C=O) groups is 1. The summed E-state index contributed by atoms with van der Waals surface area (Å²) < 4.78 is 54.1. The van der Waals surface area contributed by atoms with Gasteiger partial charge in [-0.3, -0.25) is 4.79 Å². The molecule has 5 heterocycles. The molecule has 7 rings (SSSR count). The zero-order valence-corrected chi connectivity index (χ0v) is 40.1. The molecule has 5 aliphatic heterocycles. The normalized spacial score (nSPS) is 52.0. The summed E-state index contributed by atoms with van der Waals surface area (Å²) in [7, 11) is 0. The number of hydrogen-bond acceptors (Lipinski definition) is 19. The van der Waals surface area contributed by atoms with Gasteiger partial charge >= 0.3 is 5.97 Å². The number of rotatable bonds is 10. The highest BCUT2D eigenvalue weighted by Gasteiger charge is 2.50. The Morgan fingerprint density at radius 3 is 1.61 bits per heavy atom. The molecule has 19 nitrogen and oxygen atoms in total.